The fourth-order valence-electron chi connectivity index (χ4n) is 3.93. The molecule has 2 aromatic rings. The summed E-state index contributed by atoms with van der Waals surface area (Å²) >= 11 is 0. The van der Waals surface area contributed by atoms with Crippen molar-refractivity contribution < 1.29 is 28.9 Å². The van der Waals surface area contributed by atoms with Crippen molar-refractivity contribution in [2.24, 2.45) is 11.8 Å². The monoisotopic (exact) mass is 382 g/mol. The normalized spacial score (nSPS) is 29.0. The molecule has 4 rings (SSSR count). The van der Waals surface area contributed by atoms with Gasteiger partial charge >= 0.3 is 11.9 Å². The van der Waals surface area contributed by atoms with E-state index in [0.717, 1.165) is 0 Å². The highest BCUT2D eigenvalue weighted by Gasteiger charge is 2.47. The number of carbonyl (C=O) groups is 2. The Morgan fingerprint density at radius 1 is 0.821 bits per heavy atom. The highest BCUT2D eigenvalue weighted by molar-refractivity contribution is 5.90. The number of carbonyl (C=O) groups excluding carboxylic acids is 2. The molecule has 5 atom stereocenters. The lowest BCUT2D eigenvalue weighted by molar-refractivity contribution is -0.109. The zero-order chi connectivity index (χ0) is 19.5. The Balaban J connectivity index is 1.51. The first-order valence-electron chi connectivity index (χ1n) is 9.43. The van der Waals surface area contributed by atoms with Gasteiger partial charge in [0.05, 0.1) is 17.7 Å². The summed E-state index contributed by atoms with van der Waals surface area (Å²) in [5.74, 6) is -1.00. The molecule has 0 aromatic heterocycles. The van der Waals surface area contributed by atoms with Crippen LogP contribution < -0.4 is 0 Å². The fraction of sp³-hybridized carbons (Fsp3) is 0.364. The second kappa shape index (κ2) is 8.12. The number of aliphatic hydroxyl groups is 1. The van der Waals surface area contributed by atoms with Crippen LogP contribution in [0.25, 0.3) is 0 Å². The number of ether oxygens (including phenoxy) is 3. The van der Waals surface area contributed by atoms with Crippen molar-refractivity contribution in [3.8, 4) is 0 Å². The summed E-state index contributed by atoms with van der Waals surface area (Å²) in [6.45, 7) is 0.407. The lowest BCUT2D eigenvalue weighted by atomic mass is 9.77. The van der Waals surface area contributed by atoms with Gasteiger partial charge in [-0.15, -0.1) is 0 Å². The molecule has 0 unspecified atom stereocenters. The average molecular weight is 382 g/mol. The van der Waals surface area contributed by atoms with E-state index in [0.29, 0.717) is 30.6 Å². The fourth-order valence-corrected chi connectivity index (χ4v) is 3.93. The molecule has 1 saturated carbocycles. The van der Waals surface area contributed by atoms with Crippen molar-refractivity contribution in [3.63, 3.8) is 0 Å². The molecule has 0 spiro atoms. The Hall–Kier alpha value is -2.70. The van der Waals surface area contributed by atoms with Crippen molar-refractivity contribution in [1.82, 2.24) is 0 Å². The standard InChI is InChI=1S/C22H22O6/c23-20(14-7-3-1-4-8-14)27-18-11-16-13-26-22(25)17(16)12-19(18)28-21(24)15-9-5-2-6-10-15/h1-10,16-19,22,25H,11-13H2/t16-,17-,18+,19-,22-/m1/s1. The van der Waals surface area contributed by atoms with E-state index in [1.807, 2.05) is 12.1 Å². The second-order valence-electron chi connectivity index (χ2n) is 7.24. The zero-order valence-electron chi connectivity index (χ0n) is 15.3. The molecule has 1 heterocycles. The van der Waals surface area contributed by atoms with Gasteiger partial charge in [0.15, 0.2) is 6.29 Å². The van der Waals surface area contributed by atoms with Gasteiger partial charge in [0.1, 0.15) is 12.2 Å². The van der Waals surface area contributed by atoms with Gasteiger partial charge in [-0.05, 0) is 43.0 Å². The summed E-state index contributed by atoms with van der Waals surface area (Å²) in [6, 6.07) is 17.4. The third-order valence-electron chi connectivity index (χ3n) is 5.44. The van der Waals surface area contributed by atoms with Crippen LogP contribution >= 0.6 is 0 Å². The van der Waals surface area contributed by atoms with Gasteiger partial charge in [0.25, 0.3) is 0 Å². The summed E-state index contributed by atoms with van der Waals surface area (Å²) in [5.41, 5.74) is 0.876. The van der Waals surface area contributed by atoms with Crippen molar-refractivity contribution in [3.05, 3.63) is 71.8 Å². The summed E-state index contributed by atoms with van der Waals surface area (Å²) in [6.07, 6.45) is -1.24. The highest BCUT2D eigenvalue weighted by Crippen LogP contribution is 2.40. The van der Waals surface area contributed by atoms with Crippen LogP contribution in [-0.4, -0.2) is 42.1 Å². The van der Waals surface area contributed by atoms with Crippen LogP contribution in [0.4, 0.5) is 0 Å². The van der Waals surface area contributed by atoms with E-state index in [4.69, 9.17) is 14.2 Å². The third kappa shape index (κ3) is 3.93. The number of benzene rings is 2. The Labute approximate surface area is 163 Å². The Bertz CT molecular complexity index is 821. The van der Waals surface area contributed by atoms with Gasteiger partial charge in [-0.3, -0.25) is 0 Å². The molecular formula is C22H22O6. The number of hydrogen-bond donors (Lipinski definition) is 1. The third-order valence-corrected chi connectivity index (χ3v) is 5.44. The molecule has 1 N–H and O–H groups in total. The van der Waals surface area contributed by atoms with Gasteiger partial charge < -0.3 is 19.3 Å². The number of aliphatic hydroxyl groups excluding tert-OH is 1. The first-order chi connectivity index (χ1) is 13.6. The molecule has 0 bridgehead atoms. The van der Waals surface area contributed by atoms with Crippen LogP contribution in [0.5, 0.6) is 0 Å². The quantitative estimate of drug-likeness (QED) is 0.819. The van der Waals surface area contributed by atoms with E-state index < -0.39 is 30.4 Å². The van der Waals surface area contributed by atoms with Crippen LogP contribution in [0.1, 0.15) is 33.6 Å². The smallest absolute Gasteiger partial charge is 0.338 e. The number of hydrogen-bond acceptors (Lipinski definition) is 6. The molecule has 2 aliphatic rings. The summed E-state index contributed by atoms with van der Waals surface area (Å²) in [7, 11) is 0. The van der Waals surface area contributed by atoms with Gasteiger partial charge in [-0.1, -0.05) is 36.4 Å². The molecule has 2 aromatic carbocycles. The van der Waals surface area contributed by atoms with Gasteiger partial charge in [-0.2, -0.15) is 0 Å². The number of esters is 2. The minimum absolute atomic E-state index is 0.0650. The highest BCUT2D eigenvalue weighted by atomic mass is 16.6. The predicted molar refractivity (Wildman–Crippen MR) is 99.5 cm³/mol. The molecule has 1 aliphatic carbocycles. The minimum Gasteiger partial charge on any atom is -0.455 e. The Kier molecular flexibility index (Phi) is 5.41. The lowest BCUT2D eigenvalue weighted by Crippen LogP contribution is -2.45. The topological polar surface area (TPSA) is 82.1 Å². The van der Waals surface area contributed by atoms with E-state index in [-0.39, 0.29) is 11.8 Å². The molecule has 28 heavy (non-hydrogen) atoms. The molecule has 6 heteroatoms. The van der Waals surface area contributed by atoms with Crippen molar-refractivity contribution in [2.75, 3.05) is 6.61 Å². The first-order valence-corrected chi connectivity index (χ1v) is 9.43. The van der Waals surface area contributed by atoms with Gasteiger partial charge in [0.2, 0.25) is 0 Å². The summed E-state index contributed by atoms with van der Waals surface area (Å²) in [4.78, 5) is 25.1. The Morgan fingerprint density at radius 2 is 1.32 bits per heavy atom. The maximum Gasteiger partial charge on any atom is 0.338 e. The molecule has 146 valence electrons. The van der Waals surface area contributed by atoms with E-state index in [2.05, 4.69) is 0 Å². The second-order valence-corrected chi connectivity index (χ2v) is 7.24. The SMILES string of the molecule is O=C(O[C@H]1C[C@@H]2CO[C@@H](O)[C@@H]2C[C@H]1OC(=O)c1ccccc1)c1ccccc1. The predicted octanol–water partition coefficient (Wildman–Crippen LogP) is 2.81. The average Bonchev–Trinajstić information content (AvgIpc) is 3.09. The minimum atomic E-state index is -0.881. The zero-order valence-corrected chi connectivity index (χ0v) is 15.3. The van der Waals surface area contributed by atoms with Crippen LogP contribution in [0.3, 0.4) is 0 Å². The van der Waals surface area contributed by atoms with Crippen LogP contribution in [-0.2, 0) is 14.2 Å². The van der Waals surface area contributed by atoms with Crippen molar-refractivity contribution in [1.29, 1.82) is 0 Å². The largest absolute Gasteiger partial charge is 0.455 e. The van der Waals surface area contributed by atoms with E-state index in [9.17, 15) is 14.7 Å². The van der Waals surface area contributed by atoms with Crippen molar-refractivity contribution in [2.45, 2.75) is 31.3 Å². The van der Waals surface area contributed by atoms with Gasteiger partial charge in [0, 0.05) is 5.92 Å². The first kappa shape index (κ1) is 18.7. The summed E-state index contributed by atoms with van der Waals surface area (Å²) < 4.78 is 16.8. The van der Waals surface area contributed by atoms with E-state index >= 15 is 0 Å². The molecule has 0 amide bonds. The van der Waals surface area contributed by atoms with Gasteiger partial charge in [-0.25, -0.2) is 9.59 Å². The van der Waals surface area contributed by atoms with Crippen LogP contribution in [0.2, 0.25) is 0 Å². The molecule has 6 nitrogen and oxygen atoms in total. The van der Waals surface area contributed by atoms with E-state index in [1.165, 1.54) is 0 Å². The molecular weight excluding hydrogens is 360 g/mol. The maximum absolute atomic E-state index is 12.5. The van der Waals surface area contributed by atoms with E-state index in [1.54, 1.807) is 48.5 Å². The summed E-state index contributed by atoms with van der Waals surface area (Å²) in [5, 5.41) is 10.1. The molecule has 1 aliphatic heterocycles. The molecule has 0 radical (unpaired) electrons. The lowest BCUT2D eigenvalue weighted by Gasteiger charge is -2.37. The number of fused-ring (bicyclic) bond motifs is 1. The van der Waals surface area contributed by atoms with Crippen LogP contribution in [0.15, 0.2) is 60.7 Å². The molecule has 1 saturated heterocycles. The van der Waals surface area contributed by atoms with Crippen molar-refractivity contribution >= 4 is 11.9 Å². The van der Waals surface area contributed by atoms with Crippen LogP contribution in [0, 0.1) is 11.8 Å². The number of rotatable bonds is 4. The Morgan fingerprint density at radius 3 is 1.86 bits per heavy atom. The maximum atomic E-state index is 12.5. The molecule has 2 fully saturated rings.